The first-order valence-corrected chi connectivity index (χ1v) is 14.7. The topological polar surface area (TPSA) is 69.6 Å². The van der Waals surface area contributed by atoms with Crippen molar-refractivity contribution in [3.05, 3.63) is 136 Å². The van der Waals surface area contributed by atoms with Crippen LogP contribution in [0, 0.1) is 6.92 Å². The Kier molecular flexibility index (Phi) is 10.8. The van der Waals surface area contributed by atoms with Crippen molar-refractivity contribution in [2.45, 2.75) is 65.3 Å². The molecule has 0 aliphatic carbocycles. The first-order valence-electron chi connectivity index (χ1n) is 14.7. The highest BCUT2D eigenvalue weighted by atomic mass is 19.4. The second kappa shape index (κ2) is 14.7. The van der Waals surface area contributed by atoms with E-state index < -0.39 is 17.6 Å². The molecule has 2 N–H and O–H groups in total. The molecule has 4 aromatic rings. The maximum absolute atomic E-state index is 13.5. The van der Waals surface area contributed by atoms with Crippen molar-refractivity contribution in [3.8, 4) is 5.75 Å². The number of phenolic OH excluding ortho intramolecular Hbond substituents is 1. The monoisotopic (exact) mass is 602 g/mol. The summed E-state index contributed by atoms with van der Waals surface area (Å²) in [6.45, 7) is 4.65. The van der Waals surface area contributed by atoms with E-state index in [0.717, 1.165) is 35.2 Å². The number of nitrogens with one attached hydrogen (secondary N) is 1. The normalized spacial score (nSPS) is 11.3. The number of hydrogen-bond acceptors (Lipinski definition) is 3. The summed E-state index contributed by atoms with van der Waals surface area (Å²) in [7, 11) is 0. The van der Waals surface area contributed by atoms with E-state index in [1.165, 1.54) is 41.9 Å². The quantitative estimate of drug-likeness (QED) is 0.161. The maximum Gasteiger partial charge on any atom is 0.416 e. The first-order chi connectivity index (χ1) is 21.0. The van der Waals surface area contributed by atoms with Gasteiger partial charge in [0.15, 0.2) is 0 Å². The summed E-state index contributed by atoms with van der Waals surface area (Å²) < 4.78 is 39.2. The van der Waals surface area contributed by atoms with Gasteiger partial charge in [-0.05, 0) is 90.0 Å². The molecule has 0 aliphatic rings. The van der Waals surface area contributed by atoms with E-state index >= 15 is 0 Å². The Morgan fingerprint density at radius 2 is 1.32 bits per heavy atom. The summed E-state index contributed by atoms with van der Waals surface area (Å²) in [6, 6.07) is 24.3. The average Bonchev–Trinajstić information content (AvgIpc) is 3.01. The van der Waals surface area contributed by atoms with Crippen molar-refractivity contribution in [1.29, 1.82) is 0 Å². The second-order valence-electron chi connectivity index (χ2n) is 11.0. The van der Waals surface area contributed by atoms with Crippen molar-refractivity contribution in [2.75, 3.05) is 0 Å². The number of phenols is 1. The lowest BCUT2D eigenvalue weighted by atomic mass is 10.1. The van der Waals surface area contributed by atoms with Gasteiger partial charge < -0.3 is 15.3 Å². The lowest BCUT2D eigenvalue weighted by Gasteiger charge is -2.24. The maximum atomic E-state index is 13.5. The van der Waals surface area contributed by atoms with E-state index in [0.29, 0.717) is 17.7 Å². The molecule has 0 atom stereocenters. The molecule has 4 aromatic carbocycles. The Bertz CT molecular complexity index is 1550. The number of carbonyl (C=O) groups excluding carboxylic acids is 2. The summed E-state index contributed by atoms with van der Waals surface area (Å²) in [5.74, 6) is -0.536. The van der Waals surface area contributed by atoms with Crippen LogP contribution < -0.4 is 5.32 Å². The number of carbonyl (C=O) groups is 2. The average molecular weight is 603 g/mol. The zero-order chi connectivity index (χ0) is 31.7. The van der Waals surface area contributed by atoms with Crippen LogP contribution in [-0.4, -0.2) is 21.8 Å². The predicted molar refractivity (Wildman–Crippen MR) is 165 cm³/mol. The molecule has 2 amide bonds. The minimum Gasteiger partial charge on any atom is -0.508 e. The number of aromatic hydroxyl groups is 1. The van der Waals surface area contributed by atoms with Crippen molar-refractivity contribution in [2.24, 2.45) is 0 Å². The van der Waals surface area contributed by atoms with E-state index in [4.69, 9.17) is 0 Å². The van der Waals surface area contributed by atoms with E-state index in [9.17, 15) is 27.9 Å². The molecule has 0 aromatic heterocycles. The fourth-order valence-electron chi connectivity index (χ4n) is 4.89. The number of nitrogens with zero attached hydrogens (tertiary/aromatic N) is 1. The third-order valence-corrected chi connectivity index (χ3v) is 7.52. The van der Waals surface area contributed by atoms with Crippen LogP contribution in [0.4, 0.5) is 13.2 Å². The number of aryl methyl sites for hydroxylation is 2. The van der Waals surface area contributed by atoms with Crippen molar-refractivity contribution >= 4 is 11.8 Å². The molecule has 4 rings (SSSR count). The van der Waals surface area contributed by atoms with Gasteiger partial charge in [-0.1, -0.05) is 68.3 Å². The second-order valence-corrected chi connectivity index (χ2v) is 11.0. The standard InChI is InChI=1S/C36H37F3N2O3/c1-3-4-5-6-26-7-9-27(10-8-26)22-40-34(43)30-14-11-28(12-15-30)23-41(24-29-13-20-33(42)25(2)21-29)35(44)31-16-18-32(19-17-31)36(37,38)39/h7-21,42H,3-6,22-24H2,1-2H3,(H,40,43). The van der Waals surface area contributed by atoms with Gasteiger partial charge >= 0.3 is 6.18 Å². The lowest BCUT2D eigenvalue weighted by molar-refractivity contribution is -0.137. The van der Waals surface area contributed by atoms with Crippen LogP contribution >= 0.6 is 0 Å². The number of unbranched alkanes of at least 4 members (excludes halogenated alkanes) is 2. The molecule has 8 heteroatoms. The van der Waals surface area contributed by atoms with Gasteiger partial charge in [0.2, 0.25) is 0 Å². The smallest absolute Gasteiger partial charge is 0.416 e. The molecule has 0 radical (unpaired) electrons. The van der Waals surface area contributed by atoms with Gasteiger partial charge in [-0.2, -0.15) is 13.2 Å². The van der Waals surface area contributed by atoms with Crippen molar-refractivity contribution in [1.82, 2.24) is 10.2 Å². The number of halogens is 3. The van der Waals surface area contributed by atoms with Gasteiger partial charge in [0.25, 0.3) is 11.8 Å². The van der Waals surface area contributed by atoms with Gasteiger partial charge in [-0.3, -0.25) is 9.59 Å². The van der Waals surface area contributed by atoms with E-state index in [-0.39, 0.29) is 30.3 Å². The highest BCUT2D eigenvalue weighted by Gasteiger charge is 2.30. The largest absolute Gasteiger partial charge is 0.508 e. The number of hydrogen-bond donors (Lipinski definition) is 2. The Labute approximate surface area is 256 Å². The van der Waals surface area contributed by atoms with Gasteiger partial charge in [0.05, 0.1) is 5.56 Å². The molecule has 0 fully saturated rings. The lowest BCUT2D eigenvalue weighted by Crippen LogP contribution is -2.30. The summed E-state index contributed by atoms with van der Waals surface area (Å²) in [6.07, 6.45) is 0.109. The third kappa shape index (κ3) is 8.96. The van der Waals surface area contributed by atoms with Crippen LogP contribution in [0.15, 0.2) is 91.0 Å². The van der Waals surface area contributed by atoms with Crippen molar-refractivity contribution in [3.63, 3.8) is 0 Å². The zero-order valence-corrected chi connectivity index (χ0v) is 25.0. The van der Waals surface area contributed by atoms with Gasteiger partial charge in [0.1, 0.15) is 5.75 Å². The summed E-state index contributed by atoms with van der Waals surface area (Å²) in [4.78, 5) is 27.8. The van der Waals surface area contributed by atoms with Crippen LogP contribution in [0.3, 0.4) is 0 Å². The van der Waals surface area contributed by atoms with E-state index in [2.05, 4.69) is 24.4 Å². The van der Waals surface area contributed by atoms with Gasteiger partial charge in [-0.25, -0.2) is 0 Å². The number of alkyl halides is 3. The Morgan fingerprint density at radius 1 is 0.750 bits per heavy atom. The van der Waals surface area contributed by atoms with Gasteiger partial charge in [-0.15, -0.1) is 0 Å². The van der Waals surface area contributed by atoms with Crippen LogP contribution in [0.5, 0.6) is 5.75 Å². The molecule has 44 heavy (non-hydrogen) atoms. The zero-order valence-electron chi connectivity index (χ0n) is 25.0. The molecule has 5 nitrogen and oxygen atoms in total. The molecule has 0 unspecified atom stereocenters. The molecule has 0 heterocycles. The van der Waals surface area contributed by atoms with Crippen LogP contribution in [0.25, 0.3) is 0 Å². The fraction of sp³-hybridized carbons (Fsp3) is 0.278. The molecular weight excluding hydrogens is 565 g/mol. The summed E-state index contributed by atoms with van der Waals surface area (Å²) in [5.41, 5.74) is 4.21. The highest BCUT2D eigenvalue weighted by molar-refractivity contribution is 5.95. The molecule has 230 valence electrons. The van der Waals surface area contributed by atoms with Crippen LogP contribution in [-0.2, 0) is 32.2 Å². The third-order valence-electron chi connectivity index (χ3n) is 7.52. The highest BCUT2D eigenvalue weighted by Crippen LogP contribution is 2.29. The van der Waals surface area contributed by atoms with Crippen LogP contribution in [0.1, 0.15) is 80.3 Å². The minimum absolute atomic E-state index is 0.124. The number of benzene rings is 4. The molecule has 0 bridgehead atoms. The SMILES string of the molecule is CCCCCc1ccc(CNC(=O)c2ccc(CN(Cc3ccc(O)c(C)c3)C(=O)c3ccc(C(F)(F)F)cc3)cc2)cc1. The Morgan fingerprint density at radius 3 is 1.93 bits per heavy atom. The predicted octanol–water partition coefficient (Wildman–Crippen LogP) is 8.22. The Hall–Kier alpha value is -4.59. The summed E-state index contributed by atoms with van der Waals surface area (Å²) in [5, 5.41) is 12.8. The Balaban J connectivity index is 1.43. The summed E-state index contributed by atoms with van der Waals surface area (Å²) >= 11 is 0. The van der Waals surface area contributed by atoms with Gasteiger partial charge in [0, 0.05) is 30.8 Å². The van der Waals surface area contributed by atoms with Crippen molar-refractivity contribution < 1.29 is 27.9 Å². The number of rotatable bonds is 12. The molecule has 0 aliphatic heterocycles. The first kappa shape index (κ1) is 32.3. The van der Waals surface area contributed by atoms with Crippen LogP contribution in [0.2, 0.25) is 0 Å². The molecule has 0 spiro atoms. The minimum atomic E-state index is -4.50. The molecular formula is C36H37F3N2O3. The molecule has 0 saturated heterocycles. The van der Waals surface area contributed by atoms with E-state index in [1.807, 2.05) is 12.1 Å². The van der Waals surface area contributed by atoms with E-state index in [1.54, 1.807) is 49.4 Å². The fourth-order valence-corrected chi connectivity index (χ4v) is 4.89. The molecule has 0 saturated carbocycles. The number of amides is 2.